The van der Waals surface area contributed by atoms with E-state index in [1.54, 1.807) is 0 Å². The molecule has 0 saturated heterocycles. The van der Waals surface area contributed by atoms with E-state index in [-0.39, 0.29) is 11.1 Å². The molecule has 0 atom stereocenters. The lowest BCUT2D eigenvalue weighted by molar-refractivity contribution is 0.0651. The van der Waals surface area contributed by atoms with Crippen LogP contribution in [0.2, 0.25) is 0 Å². The molecule has 1 aliphatic carbocycles. The second-order valence-electron chi connectivity index (χ2n) is 4.90. The summed E-state index contributed by atoms with van der Waals surface area (Å²) < 4.78 is 0. The number of hydrogen-bond acceptors (Lipinski definition) is 2. The zero-order valence-corrected chi connectivity index (χ0v) is 10.6. The molecule has 100 valence electrons. The number of carboxylic acids is 2. The number of carboxylic acid groups (broad SMARTS) is 2. The van der Waals surface area contributed by atoms with Crippen LogP contribution in [0.3, 0.4) is 0 Å². The summed E-state index contributed by atoms with van der Waals surface area (Å²) >= 11 is 0. The Morgan fingerprint density at radius 2 is 1.15 bits per heavy atom. The molecule has 3 rings (SSSR count). The van der Waals surface area contributed by atoms with Gasteiger partial charge < -0.3 is 10.2 Å². The number of aromatic carboxylic acids is 2. The van der Waals surface area contributed by atoms with Crippen LogP contribution in [0.5, 0.6) is 0 Å². The second-order valence-corrected chi connectivity index (χ2v) is 4.90. The summed E-state index contributed by atoms with van der Waals surface area (Å²) in [6.07, 6.45) is 1.29. The van der Waals surface area contributed by atoms with Crippen molar-refractivity contribution in [1.29, 1.82) is 0 Å². The van der Waals surface area contributed by atoms with Gasteiger partial charge in [0.05, 0.1) is 11.1 Å². The van der Waals surface area contributed by atoms with E-state index in [4.69, 9.17) is 10.2 Å². The summed E-state index contributed by atoms with van der Waals surface area (Å²) in [5, 5.41) is 18.3. The molecule has 0 bridgehead atoms. The Morgan fingerprint density at radius 3 is 1.50 bits per heavy atom. The maximum absolute atomic E-state index is 11.2. The van der Waals surface area contributed by atoms with E-state index in [1.165, 1.54) is 23.3 Å². The summed E-state index contributed by atoms with van der Waals surface area (Å²) in [5.74, 6) is -2.41. The van der Waals surface area contributed by atoms with Crippen molar-refractivity contribution < 1.29 is 19.8 Å². The number of rotatable bonds is 2. The Bertz CT molecular complexity index is 669. The number of hydrogen-bond donors (Lipinski definition) is 2. The van der Waals surface area contributed by atoms with Crippen LogP contribution in [0, 0.1) is 0 Å². The van der Waals surface area contributed by atoms with Gasteiger partial charge in [-0.3, -0.25) is 0 Å². The van der Waals surface area contributed by atoms with Crippen LogP contribution in [0.1, 0.15) is 43.0 Å². The fourth-order valence-corrected chi connectivity index (χ4v) is 2.69. The minimum atomic E-state index is -1.20. The summed E-state index contributed by atoms with van der Waals surface area (Å²) in [6, 6.07) is 10.9. The van der Waals surface area contributed by atoms with Gasteiger partial charge in [-0.2, -0.15) is 0 Å². The molecule has 0 saturated carbocycles. The van der Waals surface area contributed by atoms with Crippen molar-refractivity contribution >= 4 is 11.9 Å². The Balaban J connectivity index is 2.15. The molecule has 0 spiro atoms. The van der Waals surface area contributed by atoms with Gasteiger partial charge in [-0.15, -0.1) is 0 Å². The Morgan fingerprint density at radius 1 is 0.750 bits per heavy atom. The molecule has 0 radical (unpaired) electrons. The second kappa shape index (κ2) is 4.49. The average molecular weight is 268 g/mol. The highest BCUT2D eigenvalue weighted by Gasteiger charge is 2.22. The molecule has 20 heavy (non-hydrogen) atoms. The summed E-state index contributed by atoms with van der Waals surface area (Å²) in [4.78, 5) is 22.4. The first kappa shape index (κ1) is 12.4. The zero-order chi connectivity index (χ0) is 14.3. The van der Waals surface area contributed by atoms with Crippen LogP contribution in [-0.4, -0.2) is 22.2 Å². The van der Waals surface area contributed by atoms with Gasteiger partial charge in [-0.1, -0.05) is 24.3 Å². The number of benzene rings is 2. The van der Waals surface area contributed by atoms with E-state index in [1.807, 2.05) is 24.3 Å². The largest absolute Gasteiger partial charge is 0.478 e. The SMILES string of the molecule is O=C(O)c1cc2c(cc1C(=O)O)Cc1ccccc1C2. The van der Waals surface area contributed by atoms with E-state index in [0.29, 0.717) is 12.8 Å². The Hall–Kier alpha value is -2.62. The molecule has 2 aromatic rings. The molecule has 2 N–H and O–H groups in total. The van der Waals surface area contributed by atoms with Gasteiger partial charge in [0.2, 0.25) is 0 Å². The highest BCUT2D eigenvalue weighted by atomic mass is 16.4. The summed E-state index contributed by atoms with van der Waals surface area (Å²) in [6.45, 7) is 0. The third kappa shape index (κ3) is 1.95. The monoisotopic (exact) mass is 268 g/mol. The smallest absolute Gasteiger partial charge is 0.336 e. The highest BCUT2D eigenvalue weighted by Crippen LogP contribution is 2.29. The standard InChI is InChI=1S/C16H12O4/c17-15(18)13-7-11-5-9-3-1-2-4-10(9)6-12(11)8-14(13)16(19)20/h1-4,7-8H,5-6H2,(H,17,18)(H,19,20). The van der Waals surface area contributed by atoms with Crippen LogP contribution < -0.4 is 0 Å². The Labute approximate surface area is 115 Å². The van der Waals surface area contributed by atoms with E-state index >= 15 is 0 Å². The molecule has 0 fully saturated rings. The fourth-order valence-electron chi connectivity index (χ4n) is 2.69. The van der Waals surface area contributed by atoms with Crippen LogP contribution in [0.15, 0.2) is 36.4 Å². The lowest BCUT2D eigenvalue weighted by Gasteiger charge is -2.20. The third-order valence-corrected chi connectivity index (χ3v) is 3.68. The molecule has 4 nitrogen and oxygen atoms in total. The average Bonchev–Trinajstić information content (AvgIpc) is 2.43. The molecule has 0 unspecified atom stereocenters. The van der Waals surface area contributed by atoms with Crippen molar-refractivity contribution in [2.45, 2.75) is 12.8 Å². The van der Waals surface area contributed by atoms with Crippen molar-refractivity contribution in [2.24, 2.45) is 0 Å². The minimum Gasteiger partial charge on any atom is -0.478 e. The molecule has 0 amide bonds. The van der Waals surface area contributed by atoms with E-state index in [2.05, 4.69) is 0 Å². The van der Waals surface area contributed by atoms with Crippen molar-refractivity contribution in [3.63, 3.8) is 0 Å². The first-order valence-electron chi connectivity index (χ1n) is 6.25. The highest BCUT2D eigenvalue weighted by molar-refractivity contribution is 6.02. The van der Waals surface area contributed by atoms with Crippen LogP contribution in [-0.2, 0) is 12.8 Å². The lowest BCUT2D eigenvalue weighted by atomic mass is 9.84. The quantitative estimate of drug-likeness (QED) is 0.749. The summed E-state index contributed by atoms with van der Waals surface area (Å²) in [5.41, 5.74) is 3.84. The van der Waals surface area contributed by atoms with Crippen molar-refractivity contribution in [3.05, 3.63) is 69.8 Å². The Kier molecular flexibility index (Phi) is 2.79. The zero-order valence-electron chi connectivity index (χ0n) is 10.6. The van der Waals surface area contributed by atoms with Crippen molar-refractivity contribution in [2.75, 3.05) is 0 Å². The van der Waals surface area contributed by atoms with Crippen LogP contribution >= 0.6 is 0 Å². The minimum absolute atomic E-state index is 0.143. The topological polar surface area (TPSA) is 74.6 Å². The van der Waals surface area contributed by atoms with Gasteiger partial charge in [0.15, 0.2) is 0 Å². The predicted octanol–water partition coefficient (Wildman–Crippen LogP) is 2.58. The van der Waals surface area contributed by atoms with Gasteiger partial charge in [0.25, 0.3) is 0 Å². The first-order chi connectivity index (χ1) is 9.56. The van der Waals surface area contributed by atoms with Crippen molar-refractivity contribution in [3.8, 4) is 0 Å². The molecular formula is C16H12O4. The predicted molar refractivity (Wildman–Crippen MR) is 72.4 cm³/mol. The molecule has 0 heterocycles. The van der Waals surface area contributed by atoms with Gasteiger partial charge in [-0.25, -0.2) is 9.59 Å². The van der Waals surface area contributed by atoms with Crippen molar-refractivity contribution in [1.82, 2.24) is 0 Å². The van der Waals surface area contributed by atoms with Crippen LogP contribution in [0.4, 0.5) is 0 Å². The first-order valence-corrected chi connectivity index (χ1v) is 6.25. The molecule has 2 aromatic carbocycles. The lowest BCUT2D eigenvalue weighted by Crippen LogP contribution is -2.14. The van der Waals surface area contributed by atoms with Gasteiger partial charge in [0.1, 0.15) is 0 Å². The van der Waals surface area contributed by atoms with E-state index in [9.17, 15) is 9.59 Å². The normalized spacial score (nSPS) is 12.4. The number of carbonyl (C=O) groups is 2. The fraction of sp³-hybridized carbons (Fsp3) is 0.125. The molecule has 0 aromatic heterocycles. The molecule has 4 heteroatoms. The maximum Gasteiger partial charge on any atom is 0.336 e. The summed E-state index contributed by atoms with van der Waals surface area (Å²) in [7, 11) is 0. The maximum atomic E-state index is 11.2. The van der Waals surface area contributed by atoms with Gasteiger partial charge in [-0.05, 0) is 47.2 Å². The molecular weight excluding hydrogens is 256 g/mol. The third-order valence-electron chi connectivity index (χ3n) is 3.68. The van der Waals surface area contributed by atoms with Gasteiger partial charge in [0, 0.05) is 0 Å². The van der Waals surface area contributed by atoms with Gasteiger partial charge >= 0.3 is 11.9 Å². The number of fused-ring (bicyclic) bond motifs is 2. The molecule has 1 aliphatic rings. The van der Waals surface area contributed by atoms with E-state index in [0.717, 1.165) is 11.1 Å². The van der Waals surface area contributed by atoms with E-state index < -0.39 is 11.9 Å². The van der Waals surface area contributed by atoms with Crippen LogP contribution in [0.25, 0.3) is 0 Å². The molecule has 0 aliphatic heterocycles.